The lowest BCUT2D eigenvalue weighted by Crippen LogP contribution is -2.36. The summed E-state index contributed by atoms with van der Waals surface area (Å²) in [6.45, 7) is 8.67. The molecule has 2 aromatic heterocycles. The number of halogens is 1. The van der Waals surface area contributed by atoms with Gasteiger partial charge in [-0.05, 0) is 111 Å². The number of nitrogens with zero attached hydrogens (tertiary/aromatic N) is 2. The van der Waals surface area contributed by atoms with Gasteiger partial charge in [-0.25, -0.2) is 4.98 Å². The molecule has 2 heterocycles. The summed E-state index contributed by atoms with van der Waals surface area (Å²) in [7, 11) is 0. The van der Waals surface area contributed by atoms with Crippen LogP contribution in [0.2, 0.25) is 5.02 Å². The molecule has 1 N–H and O–H groups in total. The normalized spacial score (nSPS) is 17.4. The molecule has 0 spiro atoms. The SMILES string of the molecule is CCOC(=O)C(C)(C)[C@H]1CC[C@H](c2ccc(-c3ccc4nc(C(=O)NCc5c(C)cccc5Cl)cn4c3)cc2)CC1. The molecular weight excluding hydrogens is 534 g/mol. The van der Waals surface area contributed by atoms with Crippen molar-refractivity contribution in [3.8, 4) is 11.1 Å². The quantitative estimate of drug-likeness (QED) is 0.219. The maximum absolute atomic E-state index is 12.8. The summed E-state index contributed by atoms with van der Waals surface area (Å²) in [5, 5.41) is 3.58. The topological polar surface area (TPSA) is 72.7 Å². The second kappa shape index (κ2) is 12.1. The van der Waals surface area contributed by atoms with Gasteiger partial charge in [0.2, 0.25) is 0 Å². The third kappa shape index (κ3) is 6.18. The van der Waals surface area contributed by atoms with Crippen molar-refractivity contribution in [2.24, 2.45) is 11.3 Å². The number of pyridine rings is 1. The van der Waals surface area contributed by atoms with E-state index >= 15 is 0 Å². The average molecular weight is 572 g/mol. The van der Waals surface area contributed by atoms with Gasteiger partial charge >= 0.3 is 5.97 Å². The number of hydrogen-bond donors (Lipinski definition) is 1. The van der Waals surface area contributed by atoms with E-state index in [1.165, 1.54) is 5.56 Å². The highest BCUT2D eigenvalue weighted by Crippen LogP contribution is 2.44. The predicted molar refractivity (Wildman–Crippen MR) is 163 cm³/mol. The molecule has 1 saturated carbocycles. The standard InChI is InChI=1S/C34H38ClN3O3/c1-5-41-33(40)34(3,4)27-16-13-24(14-17-27)23-9-11-25(12-10-23)26-15-18-31-37-30(21-38(31)20-26)32(39)36-19-28-22(2)7-6-8-29(28)35/h6-12,15,18,20-21,24,27H,5,13-14,16-17,19H2,1-4H3,(H,36,39)/t24-,27-. The molecule has 0 aliphatic heterocycles. The lowest BCUT2D eigenvalue weighted by atomic mass is 9.67. The Labute approximate surface area is 247 Å². The fraction of sp³-hybridized carbons (Fsp3) is 0.382. The van der Waals surface area contributed by atoms with Crippen LogP contribution in [-0.4, -0.2) is 27.9 Å². The number of aryl methyl sites for hydroxylation is 1. The van der Waals surface area contributed by atoms with Crippen LogP contribution in [0, 0.1) is 18.3 Å². The first kappa shape index (κ1) is 28.9. The fourth-order valence-corrected chi connectivity index (χ4v) is 6.29. The molecule has 7 heteroatoms. The number of carbonyl (C=O) groups excluding carboxylic acids is 2. The number of benzene rings is 2. The third-order valence-corrected chi connectivity index (χ3v) is 9.08. The lowest BCUT2D eigenvalue weighted by molar-refractivity contribution is -0.157. The number of carbonyl (C=O) groups is 2. The molecule has 1 amide bonds. The van der Waals surface area contributed by atoms with E-state index in [0.29, 0.717) is 41.4 Å². The van der Waals surface area contributed by atoms with E-state index in [4.69, 9.17) is 16.3 Å². The van der Waals surface area contributed by atoms with Crippen LogP contribution in [0.1, 0.15) is 79.6 Å². The molecule has 4 aromatic rings. The van der Waals surface area contributed by atoms with Crippen LogP contribution in [0.3, 0.4) is 0 Å². The molecule has 2 aromatic carbocycles. The van der Waals surface area contributed by atoms with Gasteiger partial charge < -0.3 is 14.5 Å². The smallest absolute Gasteiger partial charge is 0.311 e. The Morgan fingerprint density at radius 3 is 2.39 bits per heavy atom. The lowest BCUT2D eigenvalue weighted by Gasteiger charge is -2.37. The highest BCUT2D eigenvalue weighted by atomic mass is 35.5. The van der Waals surface area contributed by atoms with Crippen LogP contribution in [0.4, 0.5) is 0 Å². The van der Waals surface area contributed by atoms with E-state index in [2.05, 4.69) is 34.6 Å². The number of hydrogen-bond acceptors (Lipinski definition) is 4. The third-order valence-electron chi connectivity index (χ3n) is 8.73. The van der Waals surface area contributed by atoms with E-state index in [9.17, 15) is 9.59 Å². The van der Waals surface area contributed by atoms with E-state index in [-0.39, 0.29) is 11.9 Å². The van der Waals surface area contributed by atoms with Gasteiger partial charge in [-0.1, -0.05) is 48.0 Å². The van der Waals surface area contributed by atoms with Gasteiger partial charge in [0, 0.05) is 24.0 Å². The Hall–Kier alpha value is -3.64. The molecule has 1 fully saturated rings. The van der Waals surface area contributed by atoms with Crippen molar-refractivity contribution in [2.45, 2.75) is 65.8 Å². The minimum absolute atomic E-state index is 0.0809. The van der Waals surface area contributed by atoms with E-state index < -0.39 is 5.41 Å². The molecule has 214 valence electrons. The summed E-state index contributed by atoms with van der Waals surface area (Å²) in [5.74, 6) is 0.540. The van der Waals surface area contributed by atoms with Gasteiger partial charge in [-0.15, -0.1) is 0 Å². The number of fused-ring (bicyclic) bond motifs is 1. The highest BCUT2D eigenvalue weighted by Gasteiger charge is 2.40. The largest absolute Gasteiger partial charge is 0.466 e. The first-order valence-corrected chi connectivity index (χ1v) is 14.8. The van der Waals surface area contributed by atoms with Crippen molar-refractivity contribution in [1.82, 2.24) is 14.7 Å². The second-order valence-electron chi connectivity index (χ2n) is 11.6. The van der Waals surface area contributed by atoms with Crippen LogP contribution >= 0.6 is 11.6 Å². The van der Waals surface area contributed by atoms with E-state index in [1.54, 1.807) is 6.20 Å². The minimum Gasteiger partial charge on any atom is -0.466 e. The summed E-state index contributed by atoms with van der Waals surface area (Å²) in [4.78, 5) is 29.8. The number of aromatic nitrogens is 2. The Morgan fingerprint density at radius 1 is 1.00 bits per heavy atom. The van der Waals surface area contributed by atoms with Crippen molar-refractivity contribution in [3.05, 3.63) is 94.4 Å². The maximum atomic E-state index is 12.8. The van der Waals surface area contributed by atoms with E-state index in [1.807, 2.05) is 68.6 Å². The molecule has 0 unspecified atom stereocenters. The summed E-state index contributed by atoms with van der Waals surface area (Å²) in [6.07, 6.45) is 7.99. The molecule has 41 heavy (non-hydrogen) atoms. The Bertz CT molecular complexity index is 1530. The van der Waals surface area contributed by atoms with Gasteiger partial charge in [-0.2, -0.15) is 0 Å². The first-order chi connectivity index (χ1) is 19.7. The Morgan fingerprint density at radius 2 is 1.71 bits per heavy atom. The molecule has 6 nitrogen and oxygen atoms in total. The van der Waals surface area contributed by atoms with Gasteiger partial charge in [0.15, 0.2) is 0 Å². The van der Waals surface area contributed by atoms with Crippen molar-refractivity contribution >= 4 is 29.1 Å². The van der Waals surface area contributed by atoms with Crippen molar-refractivity contribution < 1.29 is 14.3 Å². The zero-order chi connectivity index (χ0) is 29.1. The highest BCUT2D eigenvalue weighted by molar-refractivity contribution is 6.31. The van der Waals surface area contributed by atoms with Crippen LogP contribution < -0.4 is 5.32 Å². The summed E-state index contributed by atoms with van der Waals surface area (Å²) in [5.41, 5.74) is 6.10. The number of amides is 1. The van der Waals surface area contributed by atoms with E-state index in [0.717, 1.165) is 47.9 Å². The number of esters is 1. The van der Waals surface area contributed by atoms with Gasteiger partial charge in [0.05, 0.1) is 12.0 Å². The average Bonchev–Trinajstić information content (AvgIpc) is 3.41. The molecule has 5 rings (SSSR count). The number of imidazole rings is 1. The fourth-order valence-electron chi connectivity index (χ4n) is 6.00. The van der Waals surface area contributed by atoms with Crippen LogP contribution in [0.15, 0.2) is 67.0 Å². The summed E-state index contributed by atoms with van der Waals surface area (Å²) < 4.78 is 7.23. The maximum Gasteiger partial charge on any atom is 0.311 e. The van der Waals surface area contributed by atoms with Gasteiger partial charge in [-0.3, -0.25) is 9.59 Å². The van der Waals surface area contributed by atoms with Crippen molar-refractivity contribution in [1.29, 1.82) is 0 Å². The molecule has 0 saturated heterocycles. The Kier molecular flexibility index (Phi) is 8.50. The Balaban J connectivity index is 1.23. The summed E-state index contributed by atoms with van der Waals surface area (Å²) in [6, 6.07) is 18.5. The van der Waals surface area contributed by atoms with Crippen molar-refractivity contribution in [2.75, 3.05) is 6.61 Å². The van der Waals surface area contributed by atoms with Crippen molar-refractivity contribution in [3.63, 3.8) is 0 Å². The van der Waals surface area contributed by atoms with Gasteiger partial charge in [0.1, 0.15) is 11.3 Å². The molecule has 0 bridgehead atoms. The van der Waals surface area contributed by atoms with Crippen LogP contribution in [0.25, 0.3) is 16.8 Å². The van der Waals surface area contributed by atoms with Gasteiger partial charge in [0.25, 0.3) is 5.91 Å². The van der Waals surface area contributed by atoms with Crippen LogP contribution in [0.5, 0.6) is 0 Å². The zero-order valence-corrected chi connectivity index (χ0v) is 25.0. The molecule has 0 radical (unpaired) electrons. The second-order valence-corrected chi connectivity index (χ2v) is 12.0. The first-order valence-electron chi connectivity index (χ1n) is 14.5. The molecule has 0 atom stereocenters. The molecule has 1 aliphatic carbocycles. The molecule has 1 aliphatic rings. The molecular formula is C34H38ClN3O3. The number of rotatable bonds is 8. The zero-order valence-electron chi connectivity index (χ0n) is 24.2. The monoisotopic (exact) mass is 571 g/mol. The van der Waals surface area contributed by atoms with Crippen LogP contribution in [-0.2, 0) is 16.1 Å². The summed E-state index contributed by atoms with van der Waals surface area (Å²) >= 11 is 6.31. The number of nitrogens with one attached hydrogen (secondary N) is 1. The predicted octanol–water partition coefficient (Wildman–Crippen LogP) is 7.76. The minimum atomic E-state index is -0.438. The number of ether oxygens (including phenoxy) is 1.